The maximum absolute atomic E-state index is 12.6. The Morgan fingerprint density at radius 1 is 1.17 bits per heavy atom. The first-order valence-electron chi connectivity index (χ1n) is 9.55. The highest BCUT2D eigenvalue weighted by Crippen LogP contribution is 2.44. The molecular weight excluding hydrogens is 368 g/mol. The zero-order valence-electron chi connectivity index (χ0n) is 16.6. The Kier molecular flexibility index (Phi) is 7.09. The van der Waals surface area contributed by atoms with Crippen molar-refractivity contribution >= 4 is 5.97 Å². The van der Waals surface area contributed by atoms with Crippen molar-refractivity contribution in [3.05, 3.63) is 84.7 Å². The topological polar surface area (TPSA) is 54.0 Å². The van der Waals surface area contributed by atoms with Crippen LogP contribution in [0.4, 0.5) is 0 Å². The van der Waals surface area contributed by atoms with Gasteiger partial charge in [0.25, 0.3) is 0 Å². The average Bonchev–Trinajstić information content (AvgIpc) is 2.74. The molecule has 0 aromatic heterocycles. The fourth-order valence-corrected chi connectivity index (χ4v) is 3.45. The lowest BCUT2D eigenvalue weighted by molar-refractivity contribution is -0.141. The highest BCUT2D eigenvalue weighted by molar-refractivity contribution is 5.79. The van der Waals surface area contributed by atoms with Gasteiger partial charge in [-0.3, -0.25) is 4.79 Å². The summed E-state index contributed by atoms with van der Waals surface area (Å²) in [6, 6.07) is 15.5. The summed E-state index contributed by atoms with van der Waals surface area (Å²) in [6.45, 7) is 8.32. The van der Waals surface area contributed by atoms with Gasteiger partial charge in [-0.25, -0.2) is 0 Å². The summed E-state index contributed by atoms with van der Waals surface area (Å²) >= 11 is 0. The fraction of sp³-hybridized carbons (Fsp3) is 0.292. The van der Waals surface area contributed by atoms with Gasteiger partial charge in [-0.1, -0.05) is 43.0 Å². The van der Waals surface area contributed by atoms with Gasteiger partial charge in [-0.2, -0.15) is 0 Å². The summed E-state index contributed by atoms with van der Waals surface area (Å²) in [5, 5.41) is 0. The zero-order valence-corrected chi connectivity index (χ0v) is 16.6. The van der Waals surface area contributed by atoms with Gasteiger partial charge in [0.1, 0.15) is 18.1 Å². The molecule has 0 amide bonds. The highest BCUT2D eigenvalue weighted by Gasteiger charge is 2.37. The predicted octanol–water partition coefficient (Wildman–Crippen LogP) is 4.98. The van der Waals surface area contributed by atoms with Crippen LogP contribution in [0.1, 0.15) is 29.9 Å². The minimum atomic E-state index is -0.408. The fourth-order valence-electron chi connectivity index (χ4n) is 3.45. The van der Waals surface area contributed by atoms with Crippen LogP contribution in [-0.2, 0) is 20.9 Å². The van der Waals surface area contributed by atoms with Gasteiger partial charge in [0.2, 0.25) is 0 Å². The van der Waals surface area contributed by atoms with Crippen molar-refractivity contribution in [3.8, 4) is 11.5 Å². The van der Waals surface area contributed by atoms with Crippen molar-refractivity contribution < 1.29 is 23.7 Å². The minimum absolute atomic E-state index is 0.0908. The van der Waals surface area contributed by atoms with E-state index in [4.69, 9.17) is 18.9 Å². The Morgan fingerprint density at radius 3 is 2.69 bits per heavy atom. The van der Waals surface area contributed by atoms with Gasteiger partial charge in [0, 0.05) is 25.0 Å². The summed E-state index contributed by atoms with van der Waals surface area (Å²) in [4.78, 5) is 12.6. The number of carbonyl (C=O) groups excluding carboxylic acids is 1. The highest BCUT2D eigenvalue weighted by atomic mass is 16.7. The number of hydrogen-bond donors (Lipinski definition) is 0. The molecule has 0 saturated carbocycles. The molecule has 2 aromatic carbocycles. The van der Waals surface area contributed by atoms with E-state index in [1.54, 1.807) is 6.07 Å². The molecule has 0 bridgehead atoms. The van der Waals surface area contributed by atoms with Gasteiger partial charge >= 0.3 is 5.97 Å². The summed E-state index contributed by atoms with van der Waals surface area (Å²) in [6.07, 6.45) is 2.80. The van der Waals surface area contributed by atoms with E-state index in [0.29, 0.717) is 31.0 Å². The van der Waals surface area contributed by atoms with Crippen molar-refractivity contribution in [2.75, 3.05) is 13.9 Å². The van der Waals surface area contributed by atoms with Crippen LogP contribution in [0.25, 0.3) is 0 Å². The molecule has 0 radical (unpaired) electrons. The predicted molar refractivity (Wildman–Crippen MR) is 111 cm³/mol. The Balaban J connectivity index is 1.79. The van der Waals surface area contributed by atoms with Crippen LogP contribution >= 0.6 is 0 Å². The summed E-state index contributed by atoms with van der Waals surface area (Å²) in [7, 11) is 1.54. The van der Waals surface area contributed by atoms with Crippen LogP contribution in [0.3, 0.4) is 0 Å². The van der Waals surface area contributed by atoms with E-state index >= 15 is 0 Å². The molecule has 2 aromatic rings. The second-order valence-corrected chi connectivity index (χ2v) is 6.93. The lowest BCUT2D eigenvalue weighted by atomic mass is 9.79. The first kappa shape index (κ1) is 20.7. The SMILES string of the molecule is C=CC[C@@H]1c2cc(OCc3ccccc3)ccc2OC(=O)[C@H]1CC(=C)OCOC. The Hall–Kier alpha value is -3.05. The van der Waals surface area contributed by atoms with Crippen molar-refractivity contribution in [1.82, 2.24) is 0 Å². The number of benzene rings is 2. The van der Waals surface area contributed by atoms with Crippen molar-refractivity contribution in [3.63, 3.8) is 0 Å². The first-order valence-corrected chi connectivity index (χ1v) is 9.55. The second kappa shape index (κ2) is 9.94. The van der Waals surface area contributed by atoms with Crippen LogP contribution < -0.4 is 9.47 Å². The summed E-state index contributed by atoms with van der Waals surface area (Å²) < 4.78 is 21.8. The number of hydrogen-bond acceptors (Lipinski definition) is 5. The molecule has 29 heavy (non-hydrogen) atoms. The summed E-state index contributed by atoms with van der Waals surface area (Å²) in [5.41, 5.74) is 2.02. The zero-order chi connectivity index (χ0) is 20.6. The summed E-state index contributed by atoms with van der Waals surface area (Å²) in [5.74, 6) is 0.995. The second-order valence-electron chi connectivity index (χ2n) is 6.93. The molecule has 0 fully saturated rings. The van der Waals surface area contributed by atoms with Crippen LogP contribution in [0.15, 0.2) is 73.5 Å². The monoisotopic (exact) mass is 394 g/mol. The van der Waals surface area contributed by atoms with Crippen molar-refractivity contribution in [2.45, 2.75) is 25.4 Å². The molecule has 0 N–H and O–H groups in total. The van der Waals surface area contributed by atoms with E-state index in [1.807, 2.05) is 48.5 Å². The number of fused-ring (bicyclic) bond motifs is 1. The Labute approximate surface area is 171 Å². The third-order valence-corrected chi connectivity index (χ3v) is 4.88. The number of esters is 1. The van der Waals surface area contributed by atoms with Gasteiger partial charge in [-0.05, 0) is 30.2 Å². The quantitative estimate of drug-likeness (QED) is 0.187. The van der Waals surface area contributed by atoms with Gasteiger partial charge < -0.3 is 18.9 Å². The molecule has 2 atom stereocenters. The number of ether oxygens (including phenoxy) is 4. The lowest BCUT2D eigenvalue weighted by Crippen LogP contribution is -2.32. The largest absolute Gasteiger partial charge is 0.489 e. The van der Waals surface area contributed by atoms with Gasteiger partial charge in [-0.15, -0.1) is 6.58 Å². The molecule has 3 rings (SSSR count). The van der Waals surface area contributed by atoms with Gasteiger partial charge in [0.15, 0.2) is 6.79 Å². The lowest BCUT2D eigenvalue weighted by Gasteiger charge is -2.32. The molecule has 152 valence electrons. The molecule has 0 saturated heterocycles. The molecule has 0 spiro atoms. The maximum atomic E-state index is 12.6. The maximum Gasteiger partial charge on any atom is 0.315 e. The normalized spacial score (nSPS) is 17.8. The van der Waals surface area contributed by atoms with E-state index in [-0.39, 0.29) is 18.7 Å². The van der Waals surface area contributed by atoms with Crippen LogP contribution in [0.2, 0.25) is 0 Å². The van der Waals surface area contributed by atoms with E-state index in [0.717, 1.165) is 16.9 Å². The van der Waals surface area contributed by atoms with E-state index < -0.39 is 5.92 Å². The number of allylic oxidation sites excluding steroid dienone is 2. The number of methoxy groups -OCH3 is 1. The average molecular weight is 394 g/mol. The standard InChI is InChI=1S/C24H26O5/c1-4-8-20-21-14-19(27-15-18-9-6-5-7-10-18)11-12-23(21)29-24(25)22(20)13-17(2)28-16-26-3/h4-7,9-12,14,20,22H,1-2,8,13,15-16H2,3H3/t20-,22+/m1/s1. The molecule has 1 aliphatic heterocycles. The Bertz CT molecular complexity index is 859. The van der Waals surface area contributed by atoms with Crippen molar-refractivity contribution in [2.24, 2.45) is 5.92 Å². The molecule has 0 unspecified atom stereocenters. The van der Waals surface area contributed by atoms with E-state index in [9.17, 15) is 4.79 Å². The van der Waals surface area contributed by atoms with Crippen LogP contribution in [0, 0.1) is 5.92 Å². The smallest absolute Gasteiger partial charge is 0.315 e. The van der Waals surface area contributed by atoms with Crippen molar-refractivity contribution in [1.29, 1.82) is 0 Å². The Morgan fingerprint density at radius 2 is 1.97 bits per heavy atom. The third-order valence-electron chi connectivity index (χ3n) is 4.88. The number of rotatable bonds is 10. The molecule has 1 aliphatic rings. The molecule has 5 heteroatoms. The van der Waals surface area contributed by atoms with E-state index in [2.05, 4.69) is 13.2 Å². The molecule has 1 heterocycles. The first-order chi connectivity index (χ1) is 14.1. The number of carbonyl (C=O) groups is 1. The molecular formula is C24H26O5. The minimum Gasteiger partial charge on any atom is -0.489 e. The van der Waals surface area contributed by atoms with E-state index in [1.165, 1.54) is 7.11 Å². The third kappa shape index (κ3) is 5.27. The van der Waals surface area contributed by atoms with Crippen LogP contribution in [-0.4, -0.2) is 19.9 Å². The molecule has 5 nitrogen and oxygen atoms in total. The molecule has 0 aliphatic carbocycles. The van der Waals surface area contributed by atoms with Crippen LogP contribution in [0.5, 0.6) is 11.5 Å². The van der Waals surface area contributed by atoms with Gasteiger partial charge in [0.05, 0.1) is 11.7 Å².